The maximum Gasteiger partial charge on any atom is 0.320 e. The second kappa shape index (κ2) is 11.5. The van der Waals surface area contributed by atoms with E-state index < -0.39 is 12.0 Å². The van der Waals surface area contributed by atoms with Crippen LogP contribution in [0.1, 0.15) is 44.9 Å². The third-order valence-electron chi connectivity index (χ3n) is 4.66. The lowest BCUT2D eigenvalue weighted by atomic mass is 10.0. The van der Waals surface area contributed by atoms with Gasteiger partial charge >= 0.3 is 12.0 Å². The fraction of sp³-hybridized carbons (Fsp3) is 0.812. The van der Waals surface area contributed by atoms with Gasteiger partial charge in [-0.25, -0.2) is 4.79 Å². The van der Waals surface area contributed by atoms with Crippen LogP contribution >= 0.6 is 24.2 Å². The average Bonchev–Trinajstić information content (AvgIpc) is 3.10. The number of halogens is 1. The Labute approximate surface area is 164 Å². The Kier molecular flexibility index (Phi) is 10.1. The van der Waals surface area contributed by atoms with Gasteiger partial charge in [0.2, 0.25) is 5.91 Å². The molecule has 150 valence electrons. The van der Waals surface area contributed by atoms with Crippen LogP contribution in [0.4, 0.5) is 4.79 Å². The molecule has 2 aliphatic heterocycles. The zero-order valence-electron chi connectivity index (χ0n) is 14.7. The first kappa shape index (κ1) is 22.9. The minimum atomic E-state index is -0.983. The first-order chi connectivity index (χ1) is 12.0. The molecular weight excluding hydrogens is 380 g/mol. The van der Waals surface area contributed by atoms with E-state index in [0.717, 1.165) is 31.4 Å². The zero-order chi connectivity index (χ0) is 18.2. The van der Waals surface area contributed by atoms with E-state index in [4.69, 9.17) is 10.8 Å². The lowest BCUT2D eigenvalue weighted by molar-refractivity contribution is -0.138. The molecule has 6 N–H and O–H groups in total. The van der Waals surface area contributed by atoms with Gasteiger partial charge in [0.15, 0.2) is 0 Å². The Morgan fingerprint density at radius 2 is 2.04 bits per heavy atom. The Morgan fingerprint density at radius 1 is 1.27 bits per heavy atom. The van der Waals surface area contributed by atoms with E-state index in [-0.39, 0.29) is 36.4 Å². The minimum Gasteiger partial charge on any atom is -0.480 e. The average molecular weight is 409 g/mol. The van der Waals surface area contributed by atoms with Gasteiger partial charge in [-0.3, -0.25) is 9.59 Å². The van der Waals surface area contributed by atoms with Gasteiger partial charge in [0.25, 0.3) is 0 Å². The molecule has 8 nitrogen and oxygen atoms in total. The molecule has 0 aromatic heterocycles. The normalized spacial score (nSPS) is 24.8. The zero-order valence-corrected chi connectivity index (χ0v) is 16.4. The van der Waals surface area contributed by atoms with Gasteiger partial charge in [-0.1, -0.05) is 6.42 Å². The molecular formula is C16H29ClN4O4S. The molecule has 2 aliphatic rings. The van der Waals surface area contributed by atoms with Crippen molar-refractivity contribution in [1.82, 2.24) is 16.0 Å². The van der Waals surface area contributed by atoms with Gasteiger partial charge in [0.05, 0.1) is 12.1 Å². The van der Waals surface area contributed by atoms with Crippen molar-refractivity contribution in [2.45, 2.75) is 68.3 Å². The van der Waals surface area contributed by atoms with Crippen molar-refractivity contribution < 1.29 is 19.5 Å². The topological polar surface area (TPSA) is 134 Å². The van der Waals surface area contributed by atoms with Crippen LogP contribution in [0.2, 0.25) is 0 Å². The number of aliphatic carboxylic acids is 1. The first-order valence-corrected chi connectivity index (χ1v) is 9.96. The highest BCUT2D eigenvalue weighted by Gasteiger charge is 2.42. The third kappa shape index (κ3) is 7.20. The van der Waals surface area contributed by atoms with Gasteiger partial charge in [-0.15, -0.1) is 12.4 Å². The van der Waals surface area contributed by atoms with E-state index in [1.165, 1.54) is 0 Å². The molecule has 0 aromatic rings. The SMILES string of the molecule is Cl.N[C@@H](CCCCNC(=O)CCCCC1SC[C@@H]2NC(=O)N[C@H]12)C(=O)O. The van der Waals surface area contributed by atoms with Crippen LogP contribution in [0.3, 0.4) is 0 Å². The van der Waals surface area contributed by atoms with E-state index >= 15 is 0 Å². The summed E-state index contributed by atoms with van der Waals surface area (Å²) >= 11 is 1.89. The molecule has 2 fully saturated rings. The van der Waals surface area contributed by atoms with Crippen molar-refractivity contribution in [3.05, 3.63) is 0 Å². The van der Waals surface area contributed by atoms with Crippen LogP contribution in [-0.2, 0) is 9.59 Å². The molecule has 0 aliphatic carbocycles. The van der Waals surface area contributed by atoms with Crippen molar-refractivity contribution in [1.29, 1.82) is 0 Å². The van der Waals surface area contributed by atoms with Gasteiger partial charge in [0.1, 0.15) is 6.04 Å². The number of carbonyl (C=O) groups is 3. The fourth-order valence-electron chi connectivity index (χ4n) is 3.20. The smallest absolute Gasteiger partial charge is 0.320 e. The number of hydrogen-bond donors (Lipinski definition) is 5. The number of nitrogens with one attached hydrogen (secondary N) is 3. The highest BCUT2D eigenvalue weighted by molar-refractivity contribution is 8.00. The first-order valence-electron chi connectivity index (χ1n) is 8.91. The Hall–Kier alpha value is -1.19. The number of amides is 3. The van der Waals surface area contributed by atoms with E-state index in [2.05, 4.69) is 16.0 Å². The van der Waals surface area contributed by atoms with Crippen molar-refractivity contribution >= 4 is 42.1 Å². The van der Waals surface area contributed by atoms with Gasteiger partial charge in [0, 0.05) is 24.0 Å². The van der Waals surface area contributed by atoms with E-state index in [1.54, 1.807) is 0 Å². The van der Waals surface area contributed by atoms with Gasteiger partial charge < -0.3 is 26.8 Å². The van der Waals surface area contributed by atoms with Crippen LogP contribution in [0, 0.1) is 0 Å². The summed E-state index contributed by atoms with van der Waals surface area (Å²) in [6.45, 7) is 0.561. The number of thioether (sulfide) groups is 1. The molecule has 1 unspecified atom stereocenters. The van der Waals surface area contributed by atoms with Crippen molar-refractivity contribution in [2.24, 2.45) is 5.73 Å². The third-order valence-corrected chi connectivity index (χ3v) is 6.17. The van der Waals surface area contributed by atoms with Crippen molar-refractivity contribution in [2.75, 3.05) is 12.3 Å². The van der Waals surface area contributed by atoms with Gasteiger partial charge in [-0.05, 0) is 32.1 Å². The predicted octanol–water partition coefficient (Wildman–Crippen LogP) is 0.832. The Bertz CT molecular complexity index is 497. The van der Waals surface area contributed by atoms with Crippen LogP contribution in [0.15, 0.2) is 0 Å². The number of carbonyl (C=O) groups excluding carboxylic acids is 2. The Morgan fingerprint density at radius 3 is 2.77 bits per heavy atom. The number of carboxylic acid groups (broad SMARTS) is 1. The van der Waals surface area contributed by atoms with Crippen LogP contribution in [-0.4, -0.2) is 58.7 Å². The summed E-state index contributed by atoms with van der Waals surface area (Å²) in [4.78, 5) is 33.7. The predicted molar refractivity (Wildman–Crippen MR) is 104 cm³/mol. The molecule has 2 rings (SSSR count). The molecule has 10 heteroatoms. The van der Waals surface area contributed by atoms with Crippen molar-refractivity contribution in [3.8, 4) is 0 Å². The number of urea groups is 1. The van der Waals surface area contributed by atoms with E-state index in [9.17, 15) is 14.4 Å². The lowest BCUT2D eigenvalue weighted by Gasteiger charge is -2.16. The summed E-state index contributed by atoms with van der Waals surface area (Å²) in [5.41, 5.74) is 5.42. The molecule has 2 heterocycles. The number of unbranched alkanes of at least 4 members (excludes halogenated alkanes) is 2. The van der Waals surface area contributed by atoms with E-state index in [0.29, 0.717) is 31.1 Å². The maximum atomic E-state index is 11.8. The number of fused-ring (bicyclic) bond motifs is 1. The summed E-state index contributed by atoms with van der Waals surface area (Å²) in [5.74, 6) is 0.0131. The van der Waals surface area contributed by atoms with Crippen LogP contribution in [0.5, 0.6) is 0 Å². The second-order valence-corrected chi connectivity index (χ2v) is 7.93. The monoisotopic (exact) mass is 408 g/mol. The van der Waals surface area contributed by atoms with Crippen LogP contribution < -0.4 is 21.7 Å². The fourth-order valence-corrected chi connectivity index (χ4v) is 4.75. The number of rotatable bonds is 11. The molecule has 0 spiro atoms. The highest BCUT2D eigenvalue weighted by atomic mass is 35.5. The Balaban J connectivity index is 0.00000338. The summed E-state index contributed by atoms with van der Waals surface area (Å²) in [7, 11) is 0. The quantitative estimate of drug-likeness (QED) is 0.254. The number of hydrogen-bond acceptors (Lipinski definition) is 5. The van der Waals surface area contributed by atoms with Gasteiger partial charge in [-0.2, -0.15) is 11.8 Å². The maximum absolute atomic E-state index is 11.8. The molecule has 0 radical (unpaired) electrons. The number of carboxylic acids is 1. The molecule has 3 amide bonds. The second-order valence-electron chi connectivity index (χ2n) is 6.66. The molecule has 26 heavy (non-hydrogen) atoms. The van der Waals surface area contributed by atoms with Crippen LogP contribution in [0.25, 0.3) is 0 Å². The van der Waals surface area contributed by atoms with E-state index in [1.807, 2.05) is 11.8 Å². The molecule has 0 aromatic carbocycles. The number of nitrogens with two attached hydrogens (primary N) is 1. The minimum absolute atomic E-state index is 0. The molecule has 2 saturated heterocycles. The molecule has 4 atom stereocenters. The summed E-state index contributed by atoms with van der Waals surface area (Å²) < 4.78 is 0. The standard InChI is InChI=1S/C16H28N4O4S.ClH/c17-10(15(22)23)5-3-4-8-18-13(21)7-2-1-6-12-14-11(9-25-12)19-16(24)20-14;/h10-12,14H,1-9,17H2,(H,18,21)(H,22,23)(H2,19,20,24);1H/t10-,11-,12?,14-;/m0./s1. The summed E-state index contributed by atoms with van der Waals surface area (Å²) in [6, 6.07) is -0.406. The molecule has 0 saturated carbocycles. The largest absolute Gasteiger partial charge is 0.480 e. The highest BCUT2D eigenvalue weighted by Crippen LogP contribution is 2.33. The lowest BCUT2D eigenvalue weighted by Crippen LogP contribution is -2.36. The summed E-state index contributed by atoms with van der Waals surface area (Å²) in [6.07, 6.45) is 5.18. The van der Waals surface area contributed by atoms with Crippen molar-refractivity contribution in [3.63, 3.8) is 0 Å². The molecule has 0 bridgehead atoms. The summed E-state index contributed by atoms with van der Waals surface area (Å²) in [5, 5.41) is 17.9.